The smallest absolute Gasteiger partial charge is 0.393 e. The molecule has 0 radical (unpaired) electrons. The normalized spacial score (nSPS) is 11.3. The Labute approximate surface area is 154 Å². The molecule has 2 aromatic carbocycles. The molecule has 27 heavy (non-hydrogen) atoms. The van der Waals surface area contributed by atoms with Crippen molar-refractivity contribution in [3.63, 3.8) is 0 Å². The van der Waals surface area contributed by atoms with Crippen LogP contribution < -0.4 is 16.4 Å². The molecule has 0 fully saturated rings. The molecule has 0 bridgehead atoms. The number of nitrogens with zero attached hydrogens (tertiary/aromatic N) is 2. The molecule has 3 rings (SSSR count). The van der Waals surface area contributed by atoms with Gasteiger partial charge in [-0.2, -0.15) is 13.2 Å². The Morgan fingerprint density at radius 3 is 2.07 bits per heavy atom. The minimum atomic E-state index is -4.43. The van der Waals surface area contributed by atoms with Crippen LogP contribution in [-0.4, -0.2) is 9.97 Å². The van der Waals surface area contributed by atoms with E-state index in [0.717, 1.165) is 28.9 Å². The number of alkyl halides is 3. The van der Waals surface area contributed by atoms with Crippen LogP contribution in [-0.2, 0) is 6.18 Å². The molecule has 1 aromatic heterocycles. The van der Waals surface area contributed by atoms with E-state index in [1.807, 2.05) is 32.0 Å². The molecule has 8 heteroatoms. The Morgan fingerprint density at radius 2 is 1.48 bits per heavy atom. The van der Waals surface area contributed by atoms with Crippen LogP contribution in [0.2, 0.25) is 0 Å². The fourth-order valence-electron chi connectivity index (χ4n) is 2.46. The standard InChI is InChI=1S/C19H18F3N5/c1-11-6-7-15(8-12(11)2)27-18-16(23)17(24-10-25-18)26-14-5-3-4-13(9-14)19(20,21)22/h3-10H,23H2,1-2H3,(H2,24,25,26,27). The van der Waals surface area contributed by atoms with Gasteiger partial charge in [0.2, 0.25) is 0 Å². The maximum Gasteiger partial charge on any atom is 0.416 e. The number of anilines is 5. The van der Waals surface area contributed by atoms with Gasteiger partial charge in [0.25, 0.3) is 0 Å². The second kappa shape index (κ2) is 7.14. The Bertz CT molecular complexity index is 970. The summed E-state index contributed by atoms with van der Waals surface area (Å²) >= 11 is 0. The Morgan fingerprint density at radius 1 is 0.852 bits per heavy atom. The lowest BCUT2D eigenvalue weighted by Crippen LogP contribution is -2.07. The van der Waals surface area contributed by atoms with Crippen LogP contribution in [0.4, 0.5) is 41.9 Å². The van der Waals surface area contributed by atoms with Gasteiger partial charge in [-0.1, -0.05) is 12.1 Å². The number of halogens is 3. The van der Waals surface area contributed by atoms with Crippen molar-refractivity contribution in [2.75, 3.05) is 16.4 Å². The molecule has 0 aliphatic heterocycles. The van der Waals surface area contributed by atoms with Crippen molar-refractivity contribution in [1.29, 1.82) is 0 Å². The number of nitrogen functional groups attached to an aromatic ring is 1. The van der Waals surface area contributed by atoms with E-state index < -0.39 is 11.7 Å². The number of aromatic nitrogens is 2. The Kier molecular flexibility index (Phi) is 4.89. The first-order chi connectivity index (χ1) is 12.7. The molecule has 140 valence electrons. The van der Waals surface area contributed by atoms with Gasteiger partial charge in [-0.3, -0.25) is 0 Å². The zero-order valence-electron chi connectivity index (χ0n) is 14.7. The van der Waals surface area contributed by atoms with E-state index in [0.29, 0.717) is 5.82 Å². The van der Waals surface area contributed by atoms with Crippen molar-refractivity contribution in [1.82, 2.24) is 9.97 Å². The number of benzene rings is 2. The monoisotopic (exact) mass is 373 g/mol. The minimum absolute atomic E-state index is 0.202. The summed E-state index contributed by atoms with van der Waals surface area (Å²) in [7, 11) is 0. The lowest BCUT2D eigenvalue weighted by Gasteiger charge is -2.14. The lowest BCUT2D eigenvalue weighted by atomic mass is 10.1. The highest BCUT2D eigenvalue weighted by Gasteiger charge is 2.30. The number of aryl methyl sites for hydroxylation is 2. The first-order valence-corrected chi connectivity index (χ1v) is 8.13. The number of nitrogens with one attached hydrogen (secondary N) is 2. The first kappa shape index (κ1) is 18.5. The third-order valence-electron chi connectivity index (χ3n) is 4.11. The van der Waals surface area contributed by atoms with Gasteiger partial charge in [0, 0.05) is 11.4 Å². The van der Waals surface area contributed by atoms with Gasteiger partial charge in [0.1, 0.15) is 12.0 Å². The van der Waals surface area contributed by atoms with Crippen LogP contribution in [0.25, 0.3) is 0 Å². The third-order valence-corrected chi connectivity index (χ3v) is 4.11. The number of rotatable bonds is 4. The molecular formula is C19H18F3N5. The highest BCUT2D eigenvalue weighted by atomic mass is 19.4. The molecule has 0 spiro atoms. The SMILES string of the molecule is Cc1ccc(Nc2ncnc(Nc3cccc(C(F)(F)F)c3)c2N)cc1C. The van der Waals surface area contributed by atoms with Crippen molar-refractivity contribution < 1.29 is 13.2 Å². The summed E-state index contributed by atoms with van der Waals surface area (Å²) < 4.78 is 38.6. The van der Waals surface area contributed by atoms with E-state index in [4.69, 9.17) is 5.73 Å². The topological polar surface area (TPSA) is 75.9 Å². The predicted octanol–water partition coefficient (Wildman–Crippen LogP) is 5.18. The minimum Gasteiger partial charge on any atom is -0.393 e. The van der Waals surface area contributed by atoms with Crippen LogP contribution in [0, 0.1) is 13.8 Å². The summed E-state index contributed by atoms with van der Waals surface area (Å²) in [4.78, 5) is 8.15. The van der Waals surface area contributed by atoms with Gasteiger partial charge >= 0.3 is 6.18 Å². The van der Waals surface area contributed by atoms with Gasteiger partial charge in [-0.05, 0) is 55.3 Å². The van der Waals surface area contributed by atoms with Crippen molar-refractivity contribution in [3.05, 3.63) is 65.5 Å². The Hall–Kier alpha value is -3.29. The zero-order chi connectivity index (χ0) is 19.6. The van der Waals surface area contributed by atoms with Gasteiger partial charge < -0.3 is 16.4 Å². The fourth-order valence-corrected chi connectivity index (χ4v) is 2.46. The molecule has 0 atom stereocenters. The van der Waals surface area contributed by atoms with Crippen LogP contribution in [0.5, 0.6) is 0 Å². The zero-order valence-corrected chi connectivity index (χ0v) is 14.7. The van der Waals surface area contributed by atoms with Crippen LogP contribution in [0.15, 0.2) is 48.8 Å². The molecule has 0 aliphatic carbocycles. The Balaban J connectivity index is 1.86. The summed E-state index contributed by atoms with van der Waals surface area (Å²) in [5, 5.41) is 5.92. The van der Waals surface area contributed by atoms with Crippen LogP contribution >= 0.6 is 0 Å². The predicted molar refractivity (Wildman–Crippen MR) is 100 cm³/mol. The molecule has 0 saturated carbocycles. The molecule has 0 aliphatic rings. The summed E-state index contributed by atoms with van der Waals surface area (Å²) in [5.74, 6) is 0.582. The molecule has 5 nitrogen and oxygen atoms in total. The number of hydrogen-bond acceptors (Lipinski definition) is 5. The van der Waals surface area contributed by atoms with E-state index in [-0.39, 0.29) is 17.2 Å². The summed E-state index contributed by atoms with van der Waals surface area (Å²) in [5.41, 5.74) is 8.84. The second-order valence-corrected chi connectivity index (χ2v) is 6.11. The summed E-state index contributed by atoms with van der Waals surface area (Å²) in [6.45, 7) is 4.00. The third kappa shape index (κ3) is 4.28. The maximum absolute atomic E-state index is 12.9. The summed E-state index contributed by atoms with van der Waals surface area (Å²) in [6, 6.07) is 10.6. The molecule has 0 unspecified atom stereocenters. The highest BCUT2D eigenvalue weighted by Crippen LogP contribution is 2.33. The molecular weight excluding hydrogens is 355 g/mol. The quantitative estimate of drug-likeness (QED) is 0.587. The van der Waals surface area contributed by atoms with E-state index in [9.17, 15) is 13.2 Å². The van der Waals surface area contributed by atoms with Crippen molar-refractivity contribution in [2.24, 2.45) is 0 Å². The van der Waals surface area contributed by atoms with E-state index >= 15 is 0 Å². The number of hydrogen-bond donors (Lipinski definition) is 3. The fraction of sp³-hybridized carbons (Fsp3) is 0.158. The first-order valence-electron chi connectivity index (χ1n) is 8.13. The molecule has 0 amide bonds. The van der Waals surface area contributed by atoms with E-state index in [2.05, 4.69) is 20.6 Å². The van der Waals surface area contributed by atoms with Gasteiger partial charge in [0.15, 0.2) is 11.6 Å². The van der Waals surface area contributed by atoms with Crippen LogP contribution in [0.3, 0.4) is 0 Å². The van der Waals surface area contributed by atoms with Crippen molar-refractivity contribution in [3.8, 4) is 0 Å². The molecule has 3 aromatic rings. The molecule has 1 heterocycles. The van der Waals surface area contributed by atoms with Crippen LogP contribution in [0.1, 0.15) is 16.7 Å². The lowest BCUT2D eigenvalue weighted by molar-refractivity contribution is -0.137. The average Bonchev–Trinajstić information content (AvgIpc) is 2.61. The van der Waals surface area contributed by atoms with Crippen molar-refractivity contribution in [2.45, 2.75) is 20.0 Å². The molecule has 4 N–H and O–H groups in total. The van der Waals surface area contributed by atoms with Crippen molar-refractivity contribution >= 4 is 28.7 Å². The largest absolute Gasteiger partial charge is 0.416 e. The summed E-state index contributed by atoms with van der Waals surface area (Å²) in [6.07, 6.45) is -3.14. The van der Waals surface area contributed by atoms with Gasteiger partial charge in [-0.15, -0.1) is 0 Å². The second-order valence-electron chi connectivity index (χ2n) is 6.11. The van der Waals surface area contributed by atoms with E-state index in [1.165, 1.54) is 18.5 Å². The van der Waals surface area contributed by atoms with Gasteiger partial charge in [-0.25, -0.2) is 9.97 Å². The number of nitrogens with two attached hydrogens (primary N) is 1. The highest BCUT2D eigenvalue weighted by molar-refractivity contribution is 5.80. The van der Waals surface area contributed by atoms with E-state index in [1.54, 1.807) is 0 Å². The maximum atomic E-state index is 12.9. The molecule has 0 saturated heterocycles. The van der Waals surface area contributed by atoms with Gasteiger partial charge in [0.05, 0.1) is 5.56 Å². The average molecular weight is 373 g/mol.